The van der Waals surface area contributed by atoms with Crippen molar-refractivity contribution in [3.05, 3.63) is 48.0 Å². The molecule has 0 aromatic heterocycles. The minimum absolute atomic E-state index is 0.0257. The second kappa shape index (κ2) is 11.2. The van der Waals surface area contributed by atoms with Crippen LogP contribution in [0.25, 0.3) is 0 Å². The van der Waals surface area contributed by atoms with Crippen molar-refractivity contribution in [1.29, 1.82) is 0 Å². The number of carbonyl (C=O) groups is 2. The van der Waals surface area contributed by atoms with E-state index >= 15 is 0 Å². The predicted molar refractivity (Wildman–Crippen MR) is 134 cm³/mol. The van der Waals surface area contributed by atoms with Crippen LogP contribution in [0.15, 0.2) is 42.5 Å². The largest absolute Gasteiger partial charge is 0.495 e. The first kappa shape index (κ1) is 23.9. The lowest BCUT2D eigenvalue weighted by molar-refractivity contribution is -0.119. The first-order valence-corrected chi connectivity index (χ1v) is 12.0. The van der Waals surface area contributed by atoms with E-state index in [1.807, 2.05) is 41.3 Å². The van der Waals surface area contributed by atoms with E-state index in [0.29, 0.717) is 11.3 Å². The number of carbonyl (C=O) groups excluding carboxylic acids is 2. The Kier molecular flexibility index (Phi) is 7.90. The zero-order valence-electron chi connectivity index (χ0n) is 20.1. The van der Waals surface area contributed by atoms with Crippen molar-refractivity contribution >= 4 is 28.9 Å². The summed E-state index contributed by atoms with van der Waals surface area (Å²) in [5, 5.41) is 2.84. The Morgan fingerprint density at radius 3 is 2.21 bits per heavy atom. The number of methoxy groups -OCH3 is 2. The number of likely N-dealkylation sites (tertiary alicyclic amines) is 1. The predicted octanol–water partition coefficient (Wildman–Crippen LogP) is 3.23. The van der Waals surface area contributed by atoms with Gasteiger partial charge in [-0.3, -0.25) is 9.59 Å². The van der Waals surface area contributed by atoms with Gasteiger partial charge in [-0.15, -0.1) is 0 Å². The zero-order valence-corrected chi connectivity index (χ0v) is 20.1. The van der Waals surface area contributed by atoms with Crippen molar-refractivity contribution in [2.24, 2.45) is 0 Å². The molecular weight excluding hydrogens is 432 g/mol. The third-order valence-corrected chi connectivity index (χ3v) is 6.48. The molecule has 2 aromatic carbocycles. The maximum atomic E-state index is 13.5. The molecule has 0 bridgehead atoms. The first-order valence-electron chi connectivity index (χ1n) is 12.0. The minimum atomic E-state index is -0.239. The van der Waals surface area contributed by atoms with Gasteiger partial charge in [0.2, 0.25) is 5.91 Å². The van der Waals surface area contributed by atoms with Crippen LogP contribution in [0, 0.1) is 0 Å². The molecule has 2 aromatic rings. The number of benzene rings is 2. The lowest BCUT2D eigenvalue weighted by Gasteiger charge is -2.39. The molecule has 8 nitrogen and oxygen atoms in total. The molecule has 2 aliphatic heterocycles. The molecule has 0 spiro atoms. The third-order valence-electron chi connectivity index (χ3n) is 6.48. The number of piperidine rings is 1. The minimum Gasteiger partial charge on any atom is -0.495 e. The molecule has 2 saturated heterocycles. The van der Waals surface area contributed by atoms with Crippen LogP contribution in [0.5, 0.6) is 5.75 Å². The van der Waals surface area contributed by atoms with E-state index < -0.39 is 0 Å². The number of ether oxygens (including phenoxy) is 2. The SMILES string of the molecule is COCC(=O)Nc1ccc(N2CCN(c3ccccc3OC)CC2)c(C(=O)N2CCCCC2)c1. The molecule has 0 atom stereocenters. The average molecular weight is 467 g/mol. The number of rotatable bonds is 7. The monoisotopic (exact) mass is 466 g/mol. The fourth-order valence-electron chi connectivity index (χ4n) is 4.74. The van der Waals surface area contributed by atoms with E-state index in [0.717, 1.165) is 75.7 Å². The second-order valence-electron chi connectivity index (χ2n) is 8.71. The summed E-state index contributed by atoms with van der Waals surface area (Å²) in [6.07, 6.45) is 3.22. The molecule has 2 fully saturated rings. The van der Waals surface area contributed by atoms with Gasteiger partial charge in [0.1, 0.15) is 12.4 Å². The van der Waals surface area contributed by atoms with Crippen LogP contribution < -0.4 is 19.9 Å². The van der Waals surface area contributed by atoms with Gasteiger partial charge < -0.3 is 29.5 Å². The molecule has 34 heavy (non-hydrogen) atoms. The molecule has 0 radical (unpaired) electrons. The van der Waals surface area contributed by atoms with Crippen molar-refractivity contribution < 1.29 is 19.1 Å². The van der Waals surface area contributed by atoms with Gasteiger partial charge in [0.05, 0.1) is 18.4 Å². The Labute approximate surface area is 201 Å². The fraction of sp³-hybridized carbons (Fsp3) is 0.462. The lowest BCUT2D eigenvalue weighted by Crippen LogP contribution is -2.47. The van der Waals surface area contributed by atoms with Gasteiger partial charge in [0, 0.05) is 57.8 Å². The number of para-hydroxylation sites is 2. The fourth-order valence-corrected chi connectivity index (χ4v) is 4.74. The molecule has 1 N–H and O–H groups in total. The van der Waals surface area contributed by atoms with E-state index in [2.05, 4.69) is 21.2 Å². The molecule has 4 rings (SSSR count). The van der Waals surface area contributed by atoms with E-state index in [1.54, 1.807) is 7.11 Å². The quantitative estimate of drug-likeness (QED) is 0.675. The van der Waals surface area contributed by atoms with Gasteiger partial charge in [0.25, 0.3) is 5.91 Å². The Bertz CT molecular complexity index is 998. The molecule has 182 valence electrons. The standard InChI is InChI=1S/C26H34N4O4/c1-33-19-25(31)27-20-10-11-22(21(18-20)26(32)30-12-6-3-7-13-30)28-14-16-29(17-15-28)23-8-4-5-9-24(23)34-2/h4-5,8-11,18H,3,6-7,12-17,19H2,1-2H3,(H,27,31). The maximum absolute atomic E-state index is 13.5. The highest BCUT2D eigenvalue weighted by Crippen LogP contribution is 2.31. The van der Waals surface area contributed by atoms with Gasteiger partial charge in [-0.05, 0) is 49.6 Å². The Balaban J connectivity index is 1.55. The summed E-state index contributed by atoms with van der Waals surface area (Å²) in [5.74, 6) is 0.662. The van der Waals surface area contributed by atoms with Crippen molar-refractivity contribution in [2.75, 3.05) is 75.2 Å². The summed E-state index contributed by atoms with van der Waals surface area (Å²) in [5.41, 5.74) is 3.26. The van der Waals surface area contributed by atoms with Gasteiger partial charge in [-0.1, -0.05) is 12.1 Å². The first-order chi connectivity index (χ1) is 16.6. The number of hydrogen-bond acceptors (Lipinski definition) is 6. The Hall–Kier alpha value is -3.26. The summed E-state index contributed by atoms with van der Waals surface area (Å²) in [6, 6.07) is 13.7. The smallest absolute Gasteiger partial charge is 0.256 e. The number of amides is 2. The zero-order chi connectivity index (χ0) is 23.9. The molecule has 2 heterocycles. The highest BCUT2D eigenvalue weighted by atomic mass is 16.5. The highest BCUT2D eigenvalue weighted by Gasteiger charge is 2.26. The van der Waals surface area contributed by atoms with Crippen molar-refractivity contribution in [2.45, 2.75) is 19.3 Å². The van der Waals surface area contributed by atoms with E-state index in [-0.39, 0.29) is 18.4 Å². The summed E-state index contributed by atoms with van der Waals surface area (Å²) in [4.78, 5) is 32.1. The second-order valence-corrected chi connectivity index (χ2v) is 8.71. The van der Waals surface area contributed by atoms with Crippen LogP contribution in [-0.4, -0.2) is 76.8 Å². The molecule has 0 saturated carbocycles. The van der Waals surface area contributed by atoms with Crippen molar-refractivity contribution in [3.63, 3.8) is 0 Å². The van der Waals surface area contributed by atoms with Gasteiger partial charge in [-0.25, -0.2) is 0 Å². The normalized spacial score (nSPS) is 16.4. The molecular formula is C26H34N4O4. The maximum Gasteiger partial charge on any atom is 0.256 e. The lowest BCUT2D eigenvalue weighted by atomic mass is 10.1. The van der Waals surface area contributed by atoms with Crippen LogP contribution >= 0.6 is 0 Å². The number of nitrogens with one attached hydrogen (secondary N) is 1. The Morgan fingerprint density at radius 1 is 0.853 bits per heavy atom. The molecule has 0 aliphatic carbocycles. The summed E-state index contributed by atoms with van der Waals surface area (Å²) in [7, 11) is 3.18. The van der Waals surface area contributed by atoms with E-state index in [9.17, 15) is 9.59 Å². The molecule has 8 heteroatoms. The average Bonchev–Trinajstić information content (AvgIpc) is 2.89. The number of anilines is 3. The van der Waals surface area contributed by atoms with Crippen LogP contribution in [0.3, 0.4) is 0 Å². The van der Waals surface area contributed by atoms with Crippen LogP contribution in [0.2, 0.25) is 0 Å². The third kappa shape index (κ3) is 5.44. The number of piperazine rings is 1. The van der Waals surface area contributed by atoms with Gasteiger partial charge in [0.15, 0.2) is 0 Å². The van der Waals surface area contributed by atoms with Crippen LogP contribution in [0.1, 0.15) is 29.6 Å². The van der Waals surface area contributed by atoms with Crippen molar-refractivity contribution in [3.8, 4) is 5.75 Å². The van der Waals surface area contributed by atoms with E-state index in [4.69, 9.17) is 9.47 Å². The van der Waals surface area contributed by atoms with Gasteiger partial charge in [-0.2, -0.15) is 0 Å². The number of hydrogen-bond donors (Lipinski definition) is 1. The molecule has 2 amide bonds. The molecule has 2 aliphatic rings. The van der Waals surface area contributed by atoms with Gasteiger partial charge >= 0.3 is 0 Å². The summed E-state index contributed by atoms with van der Waals surface area (Å²) in [6.45, 7) is 4.75. The molecule has 0 unspecified atom stereocenters. The highest BCUT2D eigenvalue weighted by molar-refractivity contribution is 6.02. The Morgan fingerprint density at radius 2 is 1.53 bits per heavy atom. The summed E-state index contributed by atoms with van der Waals surface area (Å²) < 4.78 is 10.5. The van der Waals surface area contributed by atoms with Crippen molar-refractivity contribution in [1.82, 2.24) is 4.90 Å². The number of nitrogens with zero attached hydrogens (tertiary/aromatic N) is 3. The van der Waals surface area contributed by atoms with E-state index in [1.165, 1.54) is 7.11 Å². The summed E-state index contributed by atoms with van der Waals surface area (Å²) >= 11 is 0. The van der Waals surface area contributed by atoms with Crippen LogP contribution in [-0.2, 0) is 9.53 Å². The van der Waals surface area contributed by atoms with Crippen LogP contribution in [0.4, 0.5) is 17.1 Å². The topological polar surface area (TPSA) is 74.4 Å².